The Kier molecular flexibility index (Phi) is 11.7. The van der Waals surface area contributed by atoms with Crippen LogP contribution in [-0.4, -0.2) is 30.6 Å². The summed E-state index contributed by atoms with van der Waals surface area (Å²) in [5.41, 5.74) is 4.28. The number of rotatable bonds is 10. The number of hydrogen-bond donors (Lipinski definition) is 6. The summed E-state index contributed by atoms with van der Waals surface area (Å²) in [6.45, 7) is 0. The maximum absolute atomic E-state index is 11.5. The summed E-state index contributed by atoms with van der Waals surface area (Å²) in [5.74, 6) is -0.310. The third-order valence-electron chi connectivity index (χ3n) is 8.92. The van der Waals surface area contributed by atoms with Crippen LogP contribution in [0.25, 0.3) is 0 Å². The molecule has 6 rings (SSSR count). The summed E-state index contributed by atoms with van der Waals surface area (Å²) in [5, 5.41) is 68.3. The van der Waals surface area contributed by atoms with Crippen LogP contribution in [0.3, 0.4) is 0 Å². The van der Waals surface area contributed by atoms with Crippen molar-refractivity contribution in [2.45, 2.75) is 32.1 Å². The second-order valence-electron chi connectivity index (χ2n) is 12.7. The van der Waals surface area contributed by atoms with Gasteiger partial charge in [-0.3, -0.25) is 0 Å². The normalized spacial score (nSPS) is 11.3. The van der Waals surface area contributed by atoms with E-state index in [-0.39, 0.29) is 66.6 Å². The summed E-state index contributed by atoms with van der Waals surface area (Å²) in [6.07, 6.45) is 0.427. The number of phenols is 6. The largest absolute Gasteiger partial charge is 0.508 e. The van der Waals surface area contributed by atoms with E-state index in [0.717, 1.165) is 0 Å². The first-order chi connectivity index (χ1) is 25.1. The SMILES string of the molecule is Oc1ccc(Cl)cc1Cc1cc(Cl)cc(Cc2cc(Cl)cc(Cc3cc(Cl)cc(Cc4cc(Cl)cc(Cc5cc(Cl)ccc5O)c4O)c3O)c2O)c1O. The predicted octanol–water partition coefficient (Wildman–Crippen LogP) is 11.8. The van der Waals surface area contributed by atoms with Crippen molar-refractivity contribution in [1.29, 1.82) is 0 Å². The molecule has 0 fully saturated rings. The third kappa shape index (κ3) is 8.98. The van der Waals surface area contributed by atoms with Gasteiger partial charge in [-0.25, -0.2) is 0 Å². The number of benzene rings is 6. The molecule has 0 aromatic heterocycles. The van der Waals surface area contributed by atoms with Gasteiger partial charge in [-0.05, 0) is 96.1 Å². The zero-order valence-electron chi connectivity index (χ0n) is 27.6. The first-order valence-electron chi connectivity index (χ1n) is 16.1. The zero-order chi connectivity index (χ0) is 38.1. The predicted molar refractivity (Wildman–Crippen MR) is 213 cm³/mol. The van der Waals surface area contributed by atoms with E-state index in [9.17, 15) is 30.6 Å². The Hall–Kier alpha value is -4.14. The Labute approximate surface area is 335 Å². The first kappa shape index (κ1) is 38.6. The van der Waals surface area contributed by atoms with Gasteiger partial charge in [0.15, 0.2) is 0 Å². The Balaban J connectivity index is 1.29. The fraction of sp³-hybridized carbons (Fsp3) is 0.122. The van der Waals surface area contributed by atoms with Crippen LogP contribution in [0.4, 0.5) is 0 Å². The van der Waals surface area contributed by atoms with E-state index >= 15 is 0 Å². The van der Waals surface area contributed by atoms with Gasteiger partial charge in [0.25, 0.3) is 0 Å². The van der Waals surface area contributed by atoms with E-state index in [2.05, 4.69) is 0 Å². The van der Waals surface area contributed by atoms with Crippen LogP contribution in [0.1, 0.15) is 55.6 Å². The molecule has 0 bridgehead atoms. The molecule has 0 radical (unpaired) electrons. The molecule has 0 aliphatic heterocycles. The number of halogens is 6. The topological polar surface area (TPSA) is 121 Å². The fourth-order valence-electron chi connectivity index (χ4n) is 6.37. The van der Waals surface area contributed by atoms with Crippen LogP contribution in [0.5, 0.6) is 34.5 Å². The van der Waals surface area contributed by atoms with E-state index in [1.807, 2.05) is 0 Å². The highest BCUT2D eigenvalue weighted by Gasteiger charge is 2.20. The van der Waals surface area contributed by atoms with Crippen molar-refractivity contribution in [1.82, 2.24) is 0 Å². The minimum atomic E-state index is -0.106. The highest BCUT2D eigenvalue weighted by atomic mass is 35.5. The van der Waals surface area contributed by atoms with Crippen LogP contribution in [0.15, 0.2) is 84.9 Å². The van der Waals surface area contributed by atoms with Crippen molar-refractivity contribution >= 4 is 69.6 Å². The number of phenolic OH excluding ortho intramolecular Hbond substituents is 6. The number of aromatic hydroxyl groups is 6. The standard InChI is InChI=1S/C41H30Cl6O6/c42-30-1-3-36(48)20(10-30)5-22-12-32(44)14-24(38(22)50)7-26-16-34(46)18-28(40(26)52)9-29-19-35(47)17-27(41(29)53)8-25-15-33(45)13-23(39(25)51)6-21-11-31(43)2-4-37(21)49/h1-4,10-19,48-53H,5-9H2. The molecule has 6 N–H and O–H groups in total. The van der Waals surface area contributed by atoms with Gasteiger partial charge in [-0.15, -0.1) is 0 Å². The van der Waals surface area contributed by atoms with E-state index in [1.54, 1.807) is 72.8 Å². The van der Waals surface area contributed by atoms with Crippen LogP contribution in [0, 0.1) is 0 Å². The summed E-state index contributed by atoms with van der Waals surface area (Å²) in [7, 11) is 0. The molecule has 0 unspecified atom stereocenters. The Morgan fingerprint density at radius 2 is 0.453 bits per heavy atom. The summed E-state index contributed by atoms with van der Waals surface area (Å²) >= 11 is 38.2. The molecule has 0 atom stereocenters. The number of hydrogen-bond acceptors (Lipinski definition) is 6. The van der Waals surface area contributed by atoms with Crippen molar-refractivity contribution in [3.8, 4) is 34.5 Å². The van der Waals surface area contributed by atoms with Gasteiger partial charge in [0.1, 0.15) is 34.5 Å². The molecule has 6 aromatic carbocycles. The first-order valence-corrected chi connectivity index (χ1v) is 18.4. The van der Waals surface area contributed by atoms with Gasteiger partial charge >= 0.3 is 0 Å². The second kappa shape index (κ2) is 16.1. The lowest BCUT2D eigenvalue weighted by atomic mass is 9.93. The van der Waals surface area contributed by atoms with E-state index < -0.39 is 0 Å². The average molecular weight is 831 g/mol. The minimum absolute atomic E-state index is 0.0176. The maximum Gasteiger partial charge on any atom is 0.122 e. The van der Waals surface area contributed by atoms with E-state index in [4.69, 9.17) is 69.6 Å². The second-order valence-corrected chi connectivity index (χ2v) is 15.3. The molecule has 272 valence electrons. The summed E-state index contributed by atoms with van der Waals surface area (Å²) < 4.78 is 0. The lowest BCUT2D eigenvalue weighted by Crippen LogP contribution is -2.00. The molecular formula is C41H30Cl6O6. The molecule has 0 saturated heterocycles. The molecule has 0 spiro atoms. The summed E-state index contributed by atoms with van der Waals surface area (Å²) in [6, 6.07) is 21.9. The molecule has 0 amide bonds. The molecule has 0 heterocycles. The minimum Gasteiger partial charge on any atom is -0.508 e. The lowest BCUT2D eigenvalue weighted by Gasteiger charge is -2.17. The third-order valence-corrected chi connectivity index (χ3v) is 10.3. The molecule has 12 heteroatoms. The van der Waals surface area contributed by atoms with Gasteiger partial charge in [-0.1, -0.05) is 69.6 Å². The summed E-state index contributed by atoms with van der Waals surface area (Å²) in [4.78, 5) is 0. The molecule has 6 aromatic rings. The Morgan fingerprint density at radius 1 is 0.264 bits per heavy atom. The van der Waals surface area contributed by atoms with Crippen molar-refractivity contribution in [2.75, 3.05) is 0 Å². The highest BCUT2D eigenvalue weighted by molar-refractivity contribution is 6.32. The monoisotopic (exact) mass is 828 g/mol. The van der Waals surface area contributed by atoms with Gasteiger partial charge in [0.2, 0.25) is 0 Å². The van der Waals surface area contributed by atoms with E-state index in [1.165, 1.54) is 12.1 Å². The van der Waals surface area contributed by atoms with Crippen molar-refractivity contribution in [2.24, 2.45) is 0 Å². The van der Waals surface area contributed by atoms with E-state index in [0.29, 0.717) is 85.8 Å². The lowest BCUT2D eigenvalue weighted by molar-refractivity contribution is 0.453. The van der Waals surface area contributed by atoms with Gasteiger partial charge in [0, 0.05) is 107 Å². The molecule has 0 aliphatic rings. The van der Waals surface area contributed by atoms with Crippen LogP contribution >= 0.6 is 69.6 Å². The van der Waals surface area contributed by atoms with Crippen molar-refractivity contribution in [3.63, 3.8) is 0 Å². The zero-order valence-corrected chi connectivity index (χ0v) is 32.1. The molecule has 6 nitrogen and oxygen atoms in total. The fourth-order valence-corrected chi connectivity index (χ4v) is 7.81. The van der Waals surface area contributed by atoms with Crippen LogP contribution in [-0.2, 0) is 32.1 Å². The van der Waals surface area contributed by atoms with Crippen LogP contribution in [0.2, 0.25) is 30.1 Å². The molecule has 0 aliphatic carbocycles. The molecule has 53 heavy (non-hydrogen) atoms. The average Bonchev–Trinajstić information content (AvgIpc) is 3.09. The van der Waals surface area contributed by atoms with Gasteiger partial charge in [0.05, 0.1) is 0 Å². The molecule has 0 saturated carbocycles. The van der Waals surface area contributed by atoms with Gasteiger partial charge < -0.3 is 30.6 Å². The molecular weight excluding hydrogens is 801 g/mol. The Bertz CT molecular complexity index is 2210. The Morgan fingerprint density at radius 3 is 0.679 bits per heavy atom. The van der Waals surface area contributed by atoms with Crippen LogP contribution < -0.4 is 0 Å². The smallest absolute Gasteiger partial charge is 0.122 e. The maximum atomic E-state index is 11.5. The highest BCUT2D eigenvalue weighted by Crippen LogP contribution is 2.40. The van der Waals surface area contributed by atoms with Crippen molar-refractivity contribution in [3.05, 3.63) is 171 Å². The van der Waals surface area contributed by atoms with Crippen molar-refractivity contribution < 1.29 is 30.6 Å². The quantitative estimate of drug-likeness (QED) is 0.0818. The van der Waals surface area contributed by atoms with Gasteiger partial charge in [-0.2, -0.15) is 0 Å².